The van der Waals surface area contributed by atoms with Gasteiger partial charge in [0.1, 0.15) is 13.2 Å². The third kappa shape index (κ3) is 71.1. The molecule has 0 radical (unpaired) electrons. The van der Waals surface area contributed by atoms with Crippen molar-refractivity contribution >= 4 is 11.9 Å². The second kappa shape index (κ2) is 66.2. The second-order valence-corrected chi connectivity index (χ2v) is 18.7. The van der Waals surface area contributed by atoms with Gasteiger partial charge in [0.25, 0.3) is 0 Å². The maximum absolute atomic E-state index is 11.9. The molecule has 0 amide bonds. The molecule has 0 aliphatic carbocycles. The normalized spacial score (nSPS) is 11.4. The highest BCUT2D eigenvalue weighted by atomic mass is 16.6. The van der Waals surface area contributed by atoms with Gasteiger partial charge in [-0.05, 0) is 96.3 Å². The maximum Gasteiger partial charge on any atom is 0.305 e. The van der Waals surface area contributed by atoms with Crippen molar-refractivity contribution in [2.75, 3.05) is 13.2 Å². The Morgan fingerprint density at radius 3 is 0.754 bits per heavy atom. The summed E-state index contributed by atoms with van der Waals surface area (Å²) < 4.78 is 10.4. The van der Waals surface area contributed by atoms with Crippen molar-refractivity contribution in [2.45, 2.75) is 318 Å². The van der Waals surface area contributed by atoms with E-state index in [0.717, 1.165) is 44.9 Å². The Kier molecular flexibility index (Phi) is 68.4. The highest BCUT2D eigenvalue weighted by molar-refractivity contribution is 5.70. The van der Waals surface area contributed by atoms with Crippen LogP contribution < -0.4 is 0 Å². The van der Waals surface area contributed by atoms with Crippen LogP contribution in [-0.4, -0.2) is 25.2 Å². The number of carbonyl (C=O) groups excluding carboxylic acids is 2. The minimum Gasteiger partial charge on any atom is -0.462 e. The predicted octanol–water partition coefficient (Wildman–Crippen LogP) is 21.2. The molecular weight excluding hydrogens is 797 g/mol. The van der Waals surface area contributed by atoms with Gasteiger partial charge in [0.15, 0.2) is 0 Å². The van der Waals surface area contributed by atoms with Crippen molar-refractivity contribution in [2.24, 2.45) is 0 Å². The van der Waals surface area contributed by atoms with Gasteiger partial charge in [0.05, 0.1) is 0 Å². The lowest BCUT2D eigenvalue weighted by Gasteiger charge is -2.07. The van der Waals surface area contributed by atoms with Gasteiger partial charge in [-0.3, -0.25) is 9.59 Å². The van der Waals surface area contributed by atoms with Crippen LogP contribution in [0, 0.1) is 0 Å². The molecule has 0 N–H and O–H groups in total. The van der Waals surface area contributed by atoms with E-state index in [-0.39, 0.29) is 25.2 Å². The van der Waals surface area contributed by atoms with Gasteiger partial charge in [-0.1, -0.05) is 257 Å². The monoisotopic (exact) mass is 913 g/mol. The van der Waals surface area contributed by atoms with Gasteiger partial charge in [0, 0.05) is 12.8 Å². The minimum absolute atomic E-state index is 0.166. The van der Waals surface area contributed by atoms with Crippen molar-refractivity contribution < 1.29 is 19.1 Å². The van der Waals surface area contributed by atoms with Gasteiger partial charge >= 0.3 is 11.9 Å². The van der Waals surface area contributed by atoms with E-state index >= 15 is 0 Å². The number of unbranched alkanes of at least 4 members (excludes halogenated alkanes) is 33. The zero-order valence-corrected chi connectivity index (χ0v) is 45.1. The molecule has 0 atom stereocenters. The standard InChI is InChI=1S/C38H68O4.C17H34.C6H14/c1-3-5-7-9-11-13-15-17-19-21-23-25-27-29-31-33-37(39)41-35-36-42-38(40)34-32-30-28-26-24-22-20-18-16-14-12-10-8-6-4-2;1-3-5-7-9-11-13-15-17-16-14-12-10-8-6-4-2;1-3-5-6-4-2/h11-14,17,19H,3-10,15-16,18,20-36H2,1-2H3;11,13H,3-10,12,14-17H2,1-2H3;3-6H2,1-2H3/b13-11+,14-12+,19-17+;13-11+;. The van der Waals surface area contributed by atoms with Crippen molar-refractivity contribution in [3.63, 3.8) is 0 Å². The van der Waals surface area contributed by atoms with Crippen LogP contribution in [0.2, 0.25) is 0 Å². The summed E-state index contributed by atoms with van der Waals surface area (Å²) in [7, 11) is 0. The van der Waals surface area contributed by atoms with Crippen LogP contribution in [0.15, 0.2) is 48.6 Å². The summed E-state index contributed by atoms with van der Waals surface area (Å²) in [6, 6.07) is 0. The Balaban J connectivity index is -0.00000136. The highest BCUT2D eigenvalue weighted by Gasteiger charge is 2.06. The molecule has 0 rings (SSSR count). The molecule has 0 spiro atoms. The van der Waals surface area contributed by atoms with Crippen molar-refractivity contribution in [3.8, 4) is 0 Å². The first kappa shape index (κ1) is 67.2. The van der Waals surface area contributed by atoms with E-state index in [2.05, 4.69) is 90.2 Å². The average Bonchev–Trinajstić information content (AvgIpc) is 3.31. The van der Waals surface area contributed by atoms with E-state index < -0.39 is 0 Å². The van der Waals surface area contributed by atoms with Crippen LogP contribution in [-0.2, 0) is 19.1 Å². The molecule has 0 aliphatic heterocycles. The molecule has 0 bridgehead atoms. The van der Waals surface area contributed by atoms with Crippen LogP contribution >= 0.6 is 0 Å². The topological polar surface area (TPSA) is 52.6 Å². The average molecular weight is 914 g/mol. The van der Waals surface area contributed by atoms with E-state index in [1.54, 1.807) is 0 Å². The molecule has 0 heterocycles. The first-order valence-electron chi connectivity index (χ1n) is 28.9. The molecule has 0 saturated carbocycles. The zero-order valence-electron chi connectivity index (χ0n) is 45.1. The fourth-order valence-corrected chi connectivity index (χ4v) is 7.52. The van der Waals surface area contributed by atoms with E-state index in [9.17, 15) is 9.59 Å². The molecule has 65 heavy (non-hydrogen) atoms. The molecule has 0 aromatic rings. The Morgan fingerprint density at radius 2 is 0.462 bits per heavy atom. The number of esters is 2. The molecular formula is C61H116O4. The van der Waals surface area contributed by atoms with Gasteiger partial charge < -0.3 is 9.47 Å². The number of hydrogen-bond acceptors (Lipinski definition) is 4. The quantitative estimate of drug-likeness (QED) is 0.0347. The lowest BCUT2D eigenvalue weighted by molar-refractivity contribution is -0.152. The molecule has 0 saturated heterocycles. The SMILES string of the molecule is CCCCC/C=C/C/C=C/CCCCCCCC(=O)OCCOC(=O)CCCCCCCCCC/C=C/CCCCC.CCCCC/C=C/CCCCCCCCCC.CCCCCC. The van der Waals surface area contributed by atoms with Crippen LogP contribution in [0.3, 0.4) is 0 Å². The van der Waals surface area contributed by atoms with E-state index in [1.165, 1.54) is 218 Å². The smallest absolute Gasteiger partial charge is 0.305 e. The molecule has 0 aromatic carbocycles. The first-order valence-corrected chi connectivity index (χ1v) is 28.9. The largest absolute Gasteiger partial charge is 0.462 e. The Morgan fingerprint density at radius 1 is 0.262 bits per heavy atom. The van der Waals surface area contributed by atoms with Gasteiger partial charge in [0.2, 0.25) is 0 Å². The van der Waals surface area contributed by atoms with Crippen molar-refractivity contribution in [1.29, 1.82) is 0 Å². The van der Waals surface area contributed by atoms with E-state index in [1.807, 2.05) is 0 Å². The fraction of sp³-hybridized carbons (Fsp3) is 0.836. The zero-order chi connectivity index (χ0) is 48.0. The number of ether oxygens (including phenoxy) is 2. The second-order valence-electron chi connectivity index (χ2n) is 18.7. The fourth-order valence-electron chi connectivity index (χ4n) is 7.52. The highest BCUT2D eigenvalue weighted by Crippen LogP contribution is 2.13. The minimum atomic E-state index is -0.185. The summed E-state index contributed by atoms with van der Waals surface area (Å²) in [4.78, 5) is 23.7. The molecule has 0 aliphatic rings. The van der Waals surface area contributed by atoms with Gasteiger partial charge in [-0.15, -0.1) is 0 Å². The van der Waals surface area contributed by atoms with Crippen LogP contribution in [0.5, 0.6) is 0 Å². The maximum atomic E-state index is 11.9. The molecule has 4 nitrogen and oxygen atoms in total. The van der Waals surface area contributed by atoms with E-state index in [4.69, 9.17) is 9.47 Å². The van der Waals surface area contributed by atoms with Crippen LogP contribution in [0.4, 0.5) is 0 Å². The molecule has 4 heteroatoms. The Hall–Kier alpha value is -2.10. The molecule has 0 fully saturated rings. The summed E-state index contributed by atoms with van der Waals surface area (Å²) in [6.07, 6.45) is 72.2. The number of hydrogen-bond donors (Lipinski definition) is 0. The third-order valence-corrected chi connectivity index (χ3v) is 11.9. The van der Waals surface area contributed by atoms with Crippen molar-refractivity contribution in [1.82, 2.24) is 0 Å². The lowest BCUT2D eigenvalue weighted by Crippen LogP contribution is -2.13. The summed E-state index contributed by atoms with van der Waals surface area (Å²) in [5.41, 5.74) is 0. The van der Waals surface area contributed by atoms with Gasteiger partial charge in [-0.2, -0.15) is 0 Å². The molecule has 384 valence electrons. The summed E-state index contributed by atoms with van der Waals surface area (Å²) in [5, 5.41) is 0. The van der Waals surface area contributed by atoms with Crippen LogP contribution in [0.25, 0.3) is 0 Å². The lowest BCUT2D eigenvalue weighted by atomic mass is 10.1. The number of carbonyl (C=O) groups is 2. The predicted molar refractivity (Wildman–Crippen MR) is 291 cm³/mol. The van der Waals surface area contributed by atoms with Crippen molar-refractivity contribution in [3.05, 3.63) is 48.6 Å². The van der Waals surface area contributed by atoms with Crippen LogP contribution in [0.1, 0.15) is 318 Å². The number of rotatable bonds is 48. The Bertz CT molecular complexity index is 990. The summed E-state index contributed by atoms with van der Waals surface area (Å²) in [5.74, 6) is -0.363. The summed E-state index contributed by atoms with van der Waals surface area (Å²) in [6.45, 7) is 13.8. The van der Waals surface area contributed by atoms with E-state index in [0.29, 0.717) is 12.8 Å². The number of allylic oxidation sites excluding steroid dienone is 8. The molecule has 0 aromatic heterocycles. The van der Waals surface area contributed by atoms with Gasteiger partial charge in [-0.25, -0.2) is 0 Å². The first-order chi connectivity index (χ1) is 32.0. The molecule has 0 unspecified atom stereocenters. The summed E-state index contributed by atoms with van der Waals surface area (Å²) >= 11 is 0. The Labute approximate surface area is 408 Å². The third-order valence-electron chi connectivity index (χ3n) is 11.9.